The van der Waals surface area contributed by atoms with E-state index in [4.69, 9.17) is 4.74 Å². The van der Waals surface area contributed by atoms with Gasteiger partial charge in [0.1, 0.15) is 5.75 Å². The van der Waals surface area contributed by atoms with E-state index < -0.39 is 0 Å². The molecule has 0 N–H and O–H groups in total. The molecule has 0 spiro atoms. The van der Waals surface area contributed by atoms with Crippen LogP contribution in [0.4, 0.5) is 0 Å². The molecule has 0 aliphatic heterocycles. The van der Waals surface area contributed by atoms with E-state index in [0.717, 1.165) is 5.56 Å². The van der Waals surface area contributed by atoms with E-state index in [2.05, 4.69) is 0 Å². The molecule has 1 aromatic carbocycles. The van der Waals surface area contributed by atoms with Gasteiger partial charge in [0.05, 0.1) is 0 Å². The minimum atomic E-state index is -0.278. The minimum absolute atomic E-state index is 0. The van der Waals surface area contributed by atoms with E-state index in [-0.39, 0.29) is 35.5 Å². The summed E-state index contributed by atoms with van der Waals surface area (Å²) >= 11 is 0. The van der Waals surface area contributed by atoms with E-state index in [1.165, 1.54) is 6.92 Å². The topological polar surface area (TPSA) is 26.3 Å². The predicted octanol–water partition coefficient (Wildman–Crippen LogP) is 1.27. The van der Waals surface area contributed by atoms with Crippen LogP contribution in [0.15, 0.2) is 24.3 Å². The molecule has 0 aromatic heterocycles. The number of ether oxygens (including phenoxy) is 1. The number of esters is 1. The van der Waals surface area contributed by atoms with Crippen molar-refractivity contribution in [3.63, 3.8) is 0 Å². The first kappa shape index (κ1) is 11.7. The van der Waals surface area contributed by atoms with Gasteiger partial charge in [-0.05, 0) is 18.6 Å². The summed E-state index contributed by atoms with van der Waals surface area (Å²) in [7, 11) is 0. The third kappa shape index (κ3) is 3.39. The summed E-state index contributed by atoms with van der Waals surface area (Å²) in [6, 6.07) is 7.42. The number of rotatable bonds is 1. The summed E-state index contributed by atoms with van der Waals surface area (Å²) in [4.78, 5) is 10.5. The summed E-state index contributed by atoms with van der Waals surface area (Å²) in [6.07, 6.45) is 0. The molecule has 0 aliphatic carbocycles. The number of hydrogen-bond donors (Lipinski definition) is 0. The second-order valence-corrected chi connectivity index (χ2v) is 2.36. The van der Waals surface area contributed by atoms with Crippen molar-refractivity contribution in [2.24, 2.45) is 0 Å². The molecular formula is C9H11NaO2. The third-order valence-corrected chi connectivity index (χ3v) is 1.35. The molecule has 60 valence electrons. The van der Waals surface area contributed by atoms with Crippen LogP contribution in [0.2, 0.25) is 0 Å². The van der Waals surface area contributed by atoms with Gasteiger partial charge in [-0.3, -0.25) is 4.79 Å². The van der Waals surface area contributed by atoms with Crippen molar-refractivity contribution in [2.75, 3.05) is 0 Å². The number of carbonyl (C=O) groups excluding carboxylic acids is 1. The summed E-state index contributed by atoms with van der Waals surface area (Å²) in [5.74, 6) is 0.360. The molecule has 0 saturated carbocycles. The molecule has 0 radical (unpaired) electrons. The first-order chi connectivity index (χ1) is 5.20. The Balaban J connectivity index is 0.00000121. The fourth-order valence-electron chi connectivity index (χ4n) is 0.826. The third-order valence-electron chi connectivity index (χ3n) is 1.35. The van der Waals surface area contributed by atoms with Crippen LogP contribution >= 0.6 is 0 Å². The Morgan fingerprint density at radius 1 is 1.33 bits per heavy atom. The van der Waals surface area contributed by atoms with Crippen molar-refractivity contribution in [1.29, 1.82) is 0 Å². The van der Waals surface area contributed by atoms with Gasteiger partial charge in [0.15, 0.2) is 0 Å². The molecule has 0 heterocycles. The number of hydrogen-bond acceptors (Lipinski definition) is 2. The number of aryl methyl sites for hydroxylation is 1. The van der Waals surface area contributed by atoms with Crippen molar-refractivity contribution >= 4 is 35.5 Å². The van der Waals surface area contributed by atoms with E-state index in [0.29, 0.717) is 5.75 Å². The number of carbonyl (C=O) groups is 1. The molecule has 12 heavy (non-hydrogen) atoms. The van der Waals surface area contributed by atoms with Gasteiger partial charge in [-0.25, -0.2) is 0 Å². The fraction of sp³-hybridized carbons (Fsp3) is 0.222. The molecular weight excluding hydrogens is 163 g/mol. The molecule has 0 atom stereocenters. The fourth-order valence-corrected chi connectivity index (χ4v) is 0.826. The van der Waals surface area contributed by atoms with E-state index in [1.807, 2.05) is 25.1 Å². The molecule has 0 fully saturated rings. The summed E-state index contributed by atoms with van der Waals surface area (Å²) in [6.45, 7) is 3.30. The summed E-state index contributed by atoms with van der Waals surface area (Å²) in [5.41, 5.74) is 0.975. The first-order valence-electron chi connectivity index (χ1n) is 3.44. The van der Waals surface area contributed by atoms with Gasteiger partial charge in [0.2, 0.25) is 0 Å². The first-order valence-corrected chi connectivity index (χ1v) is 3.44. The van der Waals surface area contributed by atoms with Gasteiger partial charge in [-0.15, -0.1) is 0 Å². The average Bonchev–Trinajstić information content (AvgIpc) is 1.93. The van der Waals surface area contributed by atoms with Crippen LogP contribution < -0.4 is 4.74 Å². The molecule has 1 rings (SSSR count). The Kier molecular flexibility index (Phi) is 5.22. The summed E-state index contributed by atoms with van der Waals surface area (Å²) < 4.78 is 4.91. The van der Waals surface area contributed by atoms with E-state index in [9.17, 15) is 4.79 Å². The van der Waals surface area contributed by atoms with Crippen LogP contribution in [-0.4, -0.2) is 35.5 Å². The Labute approximate surface area is 94.2 Å². The molecule has 0 amide bonds. The Bertz CT molecular complexity index is 271. The van der Waals surface area contributed by atoms with Crippen LogP contribution in [0, 0.1) is 6.92 Å². The van der Waals surface area contributed by atoms with Crippen LogP contribution in [0.3, 0.4) is 0 Å². The molecule has 0 unspecified atom stereocenters. The Morgan fingerprint density at radius 2 is 1.92 bits per heavy atom. The molecule has 0 saturated heterocycles. The summed E-state index contributed by atoms with van der Waals surface area (Å²) in [5, 5.41) is 0. The SMILES string of the molecule is CC(=O)Oc1ccccc1C.[NaH]. The van der Waals surface area contributed by atoms with E-state index in [1.54, 1.807) is 6.07 Å². The zero-order chi connectivity index (χ0) is 8.27. The molecule has 0 aliphatic rings. The van der Waals surface area contributed by atoms with Crippen LogP contribution in [0.25, 0.3) is 0 Å². The van der Waals surface area contributed by atoms with Gasteiger partial charge in [-0.1, -0.05) is 18.2 Å². The number of benzene rings is 1. The van der Waals surface area contributed by atoms with E-state index >= 15 is 0 Å². The van der Waals surface area contributed by atoms with Crippen molar-refractivity contribution in [2.45, 2.75) is 13.8 Å². The van der Waals surface area contributed by atoms with Crippen LogP contribution in [-0.2, 0) is 4.79 Å². The maximum absolute atomic E-state index is 10.5. The van der Waals surface area contributed by atoms with Crippen LogP contribution in [0.1, 0.15) is 12.5 Å². The monoisotopic (exact) mass is 174 g/mol. The van der Waals surface area contributed by atoms with Gasteiger partial charge in [0, 0.05) is 6.92 Å². The normalized spacial score (nSPS) is 8.50. The standard InChI is InChI=1S/C9H10O2.Na.H/c1-7-5-3-4-6-9(7)11-8(2)10;;/h3-6H,1-2H3;;. The average molecular weight is 174 g/mol. The molecule has 2 nitrogen and oxygen atoms in total. The van der Waals surface area contributed by atoms with Gasteiger partial charge in [0.25, 0.3) is 0 Å². The number of para-hydroxylation sites is 1. The molecule has 1 aromatic rings. The van der Waals surface area contributed by atoms with Gasteiger partial charge < -0.3 is 4.74 Å². The molecule has 3 heteroatoms. The van der Waals surface area contributed by atoms with Gasteiger partial charge in [-0.2, -0.15) is 0 Å². The van der Waals surface area contributed by atoms with Crippen molar-refractivity contribution in [3.05, 3.63) is 29.8 Å². The van der Waals surface area contributed by atoms with Crippen molar-refractivity contribution in [3.8, 4) is 5.75 Å². The van der Waals surface area contributed by atoms with Crippen molar-refractivity contribution < 1.29 is 9.53 Å². The molecule has 0 bridgehead atoms. The predicted molar refractivity (Wildman–Crippen MR) is 49.6 cm³/mol. The van der Waals surface area contributed by atoms with Crippen LogP contribution in [0.5, 0.6) is 5.75 Å². The second-order valence-electron chi connectivity index (χ2n) is 2.36. The zero-order valence-electron chi connectivity index (χ0n) is 6.63. The van der Waals surface area contributed by atoms with Gasteiger partial charge >= 0.3 is 35.5 Å². The zero-order valence-corrected chi connectivity index (χ0v) is 6.63. The Hall–Kier alpha value is -0.310. The quantitative estimate of drug-likeness (QED) is 0.364. The second kappa shape index (κ2) is 5.36. The maximum atomic E-state index is 10.5. The van der Waals surface area contributed by atoms with Crippen molar-refractivity contribution in [1.82, 2.24) is 0 Å². The Morgan fingerprint density at radius 3 is 2.42 bits per heavy atom.